The molecule has 0 aliphatic rings. The summed E-state index contributed by atoms with van der Waals surface area (Å²) in [5, 5.41) is 2.75. The molecule has 0 saturated carbocycles. The molecule has 0 unspecified atom stereocenters. The summed E-state index contributed by atoms with van der Waals surface area (Å²) in [5.41, 5.74) is 0.620. The Kier molecular flexibility index (Phi) is 4.24. The first kappa shape index (κ1) is 15.7. The number of carbonyl (C=O) groups excluding carboxylic acids is 1. The number of oxazole rings is 1. The van der Waals surface area contributed by atoms with Crippen LogP contribution in [0, 0.1) is 6.92 Å². The Labute approximate surface area is 138 Å². The number of anilines is 1. The lowest BCUT2D eigenvalue weighted by Gasteiger charge is -2.11. The SMILES string of the molecule is COc1ccc(NC(=O)c2ncoc2-c2ccc(C)o2)c(OC)c1. The van der Waals surface area contributed by atoms with Crippen LogP contribution in [0.1, 0.15) is 16.2 Å². The molecule has 0 aliphatic carbocycles. The zero-order chi connectivity index (χ0) is 17.1. The molecule has 1 N–H and O–H groups in total. The fraction of sp³-hybridized carbons (Fsp3) is 0.176. The van der Waals surface area contributed by atoms with Crippen molar-refractivity contribution < 1.29 is 23.1 Å². The average molecular weight is 328 g/mol. The van der Waals surface area contributed by atoms with E-state index >= 15 is 0 Å². The number of aromatic nitrogens is 1. The maximum absolute atomic E-state index is 12.5. The van der Waals surface area contributed by atoms with E-state index < -0.39 is 5.91 Å². The van der Waals surface area contributed by atoms with Crippen molar-refractivity contribution in [3.05, 3.63) is 48.2 Å². The van der Waals surface area contributed by atoms with Crippen LogP contribution in [-0.2, 0) is 0 Å². The number of nitrogens with one attached hydrogen (secondary N) is 1. The maximum Gasteiger partial charge on any atom is 0.278 e. The van der Waals surface area contributed by atoms with Gasteiger partial charge in [-0.05, 0) is 31.2 Å². The van der Waals surface area contributed by atoms with Gasteiger partial charge in [0.1, 0.15) is 17.3 Å². The third-order valence-electron chi connectivity index (χ3n) is 3.40. The van der Waals surface area contributed by atoms with Gasteiger partial charge < -0.3 is 23.6 Å². The van der Waals surface area contributed by atoms with Crippen molar-refractivity contribution in [2.24, 2.45) is 0 Å². The minimum atomic E-state index is -0.434. The van der Waals surface area contributed by atoms with Gasteiger partial charge in [0.15, 0.2) is 17.8 Å². The van der Waals surface area contributed by atoms with Crippen LogP contribution in [-0.4, -0.2) is 25.1 Å². The third kappa shape index (κ3) is 2.96. The lowest BCUT2D eigenvalue weighted by atomic mass is 10.2. The molecular weight excluding hydrogens is 312 g/mol. The van der Waals surface area contributed by atoms with Crippen LogP contribution in [0.25, 0.3) is 11.5 Å². The molecule has 2 heterocycles. The topological polar surface area (TPSA) is 86.7 Å². The van der Waals surface area contributed by atoms with Crippen molar-refractivity contribution in [2.75, 3.05) is 19.5 Å². The molecule has 24 heavy (non-hydrogen) atoms. The van der Waals surface area contributed by atoms with E-state index in [1.165, 1.54) is 13.5 Å². The Morgan fingerprint density at radius 3 is 2.67 bits per heavy atom. The van der Waals surface area contributed by atoms with Crippen LogP contribution >= 0.6 is 0 Å². The second-order valence-corrected chi connectivity index (χ2v) is 4.96. The zero-order valence-electron chi connectivity index (χ0n) is 13.5. The fourth-order valence-electron chi connectivity index (χ4n) is 2.22. The molecule has 2 aromatic heterocycles. The first-order valence-electron chi connectivity index (χ1n) is 7.16. The summed E-state index contributed by atoms with van der Waals surface area (Å²) in [4.78, 5) is 16.5. The van der Waals surface area contributed by atoms with Crippen molar-refractivity contribution in [3.8, 4) is 23.0 Å². The van der Waals surface area contributed by atoms with E-state index in [0.29, 0.717) is 28.7 Å². The monoisotopic (exact) mass is 328 g/mol. The molecule has 1 amide bonds. The second-order valence-electron chi connectivity index (χ2n) is 4.96. The zero-order valence-corrected chi connectivity index (χ0v) is 13.5. The van der Waals surface area contributed by atoms with Gasteiger partial charge in [0.05, 0.1) is 19.9 Å². The van der Waals surface area contributed by atoms with Crippen molar-refractivity contribution in [1.29, 1.82) is 0 Å². The van der Waals surface area contributed by atoms with E-state index in [-0.39, 0.29) is 11.5 Å². The van der Waals surface area contributed by atoms with E-state index in [1.54, 1.807) is 37.4 Å². The number of hydrogen-bond acceptors (Lipinski definition) is 6. The number of ether oxygens (including phenoxy) is 2. The minimum absolute atomic E-state index is 0.127. The fourth-order valence-corrected chi connectivity index (χ4v) is 2.22. The quantitative estimate of drug-likeness (QED) is 0.771. The normalized spacial score (nSPS) is 10.5. The number of hydrogen-bond donors (Lipinski definition) is 1. The Bertz CT molecular complexity index is 866. The van der Waals surface area contributed by atoms with Gasteiger partial charge in [0.25, 0.3) is 5.91 Å². The third-order valence-corrected chi connectivity index (χ3v) is 3.40. The molecule has 124 valence electrons. The molecule has 0 saturated heterocycles. The number of carbonyl (C=O) groups is 1. The summed E-state index contributed by atoms with van der Waals surface area (Å²) < 4.78 is 21.2. The number of rotatable bonds is 5. The molecule has 0 radical (unpaired) electrons. The molecule has 7 heteroatoms. The van der Waals surface area contributed by atoms with Crippen LogP contribution in [0.4, 0.5) is 5.69 Å². The smallest absolute Gasteiger partial charge is 0.278 e. The first-order valence-corrected chi connectivity index (χ1v) is 7.16. The van der Waals surface area contributed by atoms with Crippen molar-refractivity contribution in [3.63, 3.8) is 0 Å². The molecule has 3 rings (SSSR count). The van der Waals surface area contributed by atoms with Crippen LogP contribution in [0.2, 0.25) is 0 Å². The van der Waals surface area contributed by atoms with E-state index in [1.807, 2.05) is 6.92 Å². The van der Waals surface area contributed by atoms with E-state index in [2.05, 4.69) is 10.3 Å². The van der Waals surface area contributed by atoms with Gasteiger partial charge in [-0.15, -0.1) is 0 Å². The summed E-state index contributed by atoms with van der Waals surface area (Å²) >= 11 is 0. The van der Waals surface area contributed by atoms with Gasteiger partial charge >= 0.3 is 0 Å². The van der Waals surface area contributed by atoms with Gasteiger partial charge in [-0.3, -0.25) is 4.79 Å². The number of amides is 1. The molecular formula is C17H16N2O5. The number of benzene rings is 1. The summed E-state index contributed by atoms with van der Waals surface area (Å²) in [5.74, 6) is 2.09. The Hall–Kier alpha value is -3.22. The van der Waals surface area contributed by atoms with Crippen LogP contribution < -0.4 is 14.8 Å². The molecule has 7 nitrogen and oxygen atoms in total. The van der Waals surface area contributed by atoms with E-state index in [9.17, 15) is 4.79 Å². The maximum atomic E-state index is 12.5. The standard InChI is InChI=1S/C17H16N2O5/c1-10-4-7-13(24-10)16-15(18-9-23-16)17(20)19-12-6-5-11(21-2)8-14(12)22-3/h4-9H,1-3H3,(H,19,20). The van der Waals surface area contributed by atoms with Gasteiger partial charge in [-0.1, -0.05) is 0 Å². The van der Waals surface area contributed by atoms with Crippen molar-refractivity contribution >= 4 is 11.6 Å². The largest absolute Gasteiger partial charge is 0.497 e. The van der Waals surface area contributed by atoms with E-state index in [4.69, 9.17) is 18.3 Å². The van der Waals surface area contributed by atoms with E-state index in [0.717, 1.165) is 0 Å². The molecule has 0 spiro atoms. The van der Waals surface area contributed by atoms with Gasteiger partial charge in [0, 0.05) is 6.07 Å². The van der Waals surface area contributed by atoms with Crippen LogP contribution in [0.3, 0.4) is 0 Å². The molecule has 3 aromatic rings. The highest BCUT2D eigenvalue weighted by Crippen LogP contribution is 2.31. The van der Waals surface area contributed by atoms with Gasteiger partial charge in [-0.25, -0.2) is 4.98 Å². The first-order chi connectivity index (χ1) is 11.6. The van der Waals surface area contributed by atoms with Gasteiger partial charge in [-0.2, -0.15) is 0 Å². The molecule has 1 aromatic carbocycles. The van der Waals surface area contributed by atoms with Crippen molar-refractivity contribution in [2.45, 2.75) is 6.92 Å². The van der Waals surface area contributed by atoms with Crippen LogP contribution in [0.15, 0.2) is 45.6 Å². The summed E-state index contributed by atoms with van der Waals surface area (Å²) in [6.07, 6.45) is 1.20. The average Bonchev–Trinajstić information content (AvgIpc) is 3.23. The van der Waals surface area contributed by atoms with Crippen LogP contribution in [0.5, 0.6) is 11.5 Å². The molecule has 0 aliphatic heterocycles. The number of furan rings is 1. The highest BCUT2D eigenvalue weighted by atomic mass is 16.5. The number of aryl methyl sites for hydroxylation is 1. The summed E-state index contributed by atoms with van der Waals surface area (Å²) in [7, 11) is 3.07. The minimum Gasteiger partial charge on any atom is -0.497 e. The molecule has 0 atom stereocenters. The number of methoxy groups -OCH3 is 2. The summed E-state index contributed by atoms with van der Waals surface area (Å²) in [6.45, 7) is 1.81. The number of nitrogens with zero attached hydrogens (tertiary/aromatic N) is 1. The predicted octanol–water partition coefficient (Wildman–Crippen LogP) is 3.51. The Morgan fingerprint density at radius 1 is 1.17 bits per heavy atom. The Balaban J connectivity index is 1.88. The Morgan fingerprint density at radius 2 is 2.00 bits per heavy atom. The lowest BCUT2D eigenvalue weighted by molar-refractivity contribution is 0.102. The highest BCUT2D eigenvalue weighted by Gasteiger charge is 2.21. The highest BCUT2D eigenvalue weighted by molar-refractivity contribution is 6.06. The summed E-state index contributed by atoms with van der Waals surface area (Å²) in [6, 6.07) is 8.59. The van der Waals surface area contributed by atoms with Gasteiger partial charge in [0.2, 0.25) is 5.76 Å². The molecule has 0 bridgehead atoms. The lowest BCUT2D eigenvalue weighted by Crippen LogP contribution is -2.14. The second kappa shape index (κ2) is 6.49. The van der Waals surface area contributed by atoms with Crippen molar-refractivity contribution in [1.82, 2.24) is 4.98 Å². The predicted molar refractivity (Wildman–Crippen MR) is 86.4 cm³/mol. The molecule has 0 fully saturated rings.